The first-order valence-electron chi connectivity index (χ1n) is 5.90. The van der Waals surface area contributed by atoms with Crippen molar-refractivity contribution >= 4 is 17.6 Å². The van der Waals surface area contributed by atoms with E-state index in [0.717, 1.165) is 5.56 Å². The molecular weight excluding hydrogens is 255 g/mol. The zero-order valence-corrected chi connectivity index (χ0v) is 11.8. The number of rotatable bonds is 4. The quantitative estimate of drug-likeness (QED) is 0.857. The molecule has 0 aromatic carbocycles. The van der Waals surface area contributed by atoms with E-state index < -0.39 is 6.09 Å². The maximum absolute atomic E-state index is 12.1. The Kier molecular flexibility index (Phi) is 5.07. The van der Waals surface area contributed by atoms with Gasteiger partial charge in [-0.25, -0.2) is 4.79 Å². The second kappa shape index (κ2) is 6.13. The highest BCUT2D eigenvalue weighted by atomic mass is 32.1. The molecule has 0 bridgehead atoms. The van der Waals surface area contributed by atoms with Crippen molar-refractivity contribution in [3.63, 3.8) is 0 Å². The van der Waals surface area contributed by atoms with Crippen molar-refractivity contribution in [3.8, 4) is 0 Å². The number of aromatic nitrogens is 1. The smallest absolute Gasteiger partial charge is 0.432 e. The maximum atomic E-state index is 12.1. The summed E-state index contributed by atoms with van der Waals surface area (Å²) in [6.45, 7) is 5.78. The lowest BCUT2D eigenvalue weighted by Gasteiger charge is -2.19. The Morgan fingerprint density at radius 1 is 1.50 bits per heavy atom. The zero-order chi connectivity index (χ0) is 13.8. The Morgan fingerprint density at radius 3 is 2.67 bits per heavy atom. The van der Waals surface area contributed by atoms with Crippen molar-refractivity contribution in [3.05, 3.63) is 16.4 Å². The average Bonchev–Trinajstić information content (AvgIpc) is 2.61. The second-order valence-corrected chi connectivity index (χ2v) is 6.05. The summed E-state index contributed by atoms with van der Waals surface area (Å²) in [6, 6.07) is 0. The van der Waals surface area contributed by atoms with Crippen LogP contribution in [0.4, 0.5) is 9.18 Å². The summed E-state index contributed by atoms with van der Waals surface area (Å²) in [7, 11) is 0. The number of unbranched alkanes of at least 4 members (excludes halogenated alkanes) is 1. The van der Waals surface area contributed by atoms with Crippen LogP contribution < -0.4 is 4.67 Å². The van der Waals surface area contributed by atoms with Crippen LogP contribution in [0.2, 0.25) is 0 Å². The molecule has 0 aliphatic heterocycles. The van der Waals surface area contributed by atoms with Crippen molar-refractivity contribution in [2.75, 3.05) is 6.67 Å². The molecule has 0 saturated carbocycles. The maximum Gasteiger partial charge on any atom is 0.432 e. The fraction of sp³-hybridized carbons (Fsp3) is 0.667. The number of aryl methyl sites for hydroxylation is 1. The number of nitrogens with zero attached hydrogens (tertiary/aromatic N) is 2. The number of amides is 1. The largest absolute Gasteiger partial charge is 0.463 e. The second-order valence-electron chi connectivity index (χ2n) is 5.09. The molecule has 4 nitrogen and oxygen atoms in total. The fourth-order valence-corrected chi connectivity index (χ4v) is 2.50. The first-order chi connectivity index (χ1) is 8.34. The van der Waals surface area contributed by atoms with Crippen LogP contribution >= 0.6 is 11.5 Å². The fourth-order valence-electron chi connectivity index (χ4n) is 1.47. The van der Waals surface area contributed by atoms with E-state index in [2.05, 4.69) is 4.99 Å². The minimum absolute atomic E-state index is 0.105. The van der Waals surface area contributed by atoms with Crippen LogP contribution in [0.25, 0.3) is 0 Å². The lowest BCUT2D eigenvalue weighted by Crippen LogP contribution is -2.18. The molecule has 6 heteroatoms. The lowest BCUT2D eigenvalue weighted by molar-refractivity contribution is 0.205. The van der Waals surface area contributed by atoms with Crippen molar-refractivity contribution in [2.24, 2.45) is 4.99 Å². The molecule has 1 amide bonds. The molecule has 0 aliphatic carbocycles. The van der Waals surface area contributed by atoms with E-state index in [1.54, 1.807) is 0 Å². The summed E-state index contributed by atoms with van der Waals surface area (Å²) in [5.41, 5.74) is 0.775. The molecule has 1 aromatic heterocycles. The zero-order valence-electron chi connectivity index (χ0n) is 10.9. The topological polar surface area (TPSA) is 54.6 Å². The van der Waals surface area contributed by atoms with E-state index in [1.165, 1.54) is 11.5 Å². The third-order valence-corrected chi connectivity index (χ3v) is 3.80. The summed E-state index contributed by atoms with van der Waals surface area (Å²) in [6.07, 6.45) is 2.60. The van der Waals surface area contributed by atoms with Gasteiger partial charge in [-0.15, -0.1) is 0 Å². The summed E-state index contributed by atoms with van der Waals surface area (Å²) >= 11 is 1.33. The number of halogens is 1. The van der Waals surface area contributed by atoms with Crippen LogP contribution in [0, 0.1) is 0 Å². The Morgan fingerprint density at radius 2 is 2.17 bits per heavy atom. The summed E-state index contributed by atoms with van der Waals surface area (Å²) in [4.78, 5) is 14.3. The third-order valence-electron chi connectivity index (χ3n) is 2.42. The molecule has 0 radical (unpaired) electrons. The molecule has 0 atom stereocenters. The van der Waals surface area contributed by atoms with Gasteiger partial charge in [-0.05, 0) is 51.6 Å². The van der Waals surface area contributed by atoms with Crippen LogP contribution in [0.15, 0.2) is 11.2 Å². The van der Waals surface area contributed by atoms with E-state index in [-0.39, 0.29) is 12.2 Å². The van der Waals surface area contributed by atoms with Gasteiger partial charge in [-0.2, -0.15) is 4.99 Å². The molecule has 0 unspecified atom stereocenters. The standard InChI is InChI=1S/C12H19FN2O2S/c1-12(2,3)15-8-9(6-4-5-7-13)10(18-15)14-11(16)17/h8H,4-7H2,1-3H3,(H,16,17). The van der Waals surface area contributed by atoms with Gasteiger partial charge in [0.15, 0.2) is 0 Å². The molecule has 1 rings (SSSR count). The molecule has 0 saturated heterocycles. The van der Waals surface area contributed by atoms with Crippen molar-refractivity contribution in [1.82, 2.24) is 3.96 Å². The van der Waals surface area contributed by atoms with E-state index in [9.17, 15) is 9.18 Å². The summed E-state index contributed by atoms with van der Waals surface area (Å²) < 4.78 is 14.6. The number of carboxylic acid groups (broad SMARTS) is 1. The lowest BCUT2D eigenvalue weighted by atomic mass is 10.1. The predicted molar refractivity (Wildman–Crippen MR) is 69.8 cm³/mol. The number of hydrogen-bond acceptors (Lipinski definition) is 2. The Hall–Kier alpha value is -1.17. The minimum atomic E-state index is -1.19. The van der Waals surface area contributed by atoms with Gasteiger partial charge in [0, 0.05) is 17.3 Å². The van der Waals surface area contributed by atoms with Crippen LogP contribution in [-0.4, -0.2) is 21.8 Å². The van der Waals surface area contributed by atoms with Crippen molar-refractivity contribution < 1.29 is 14.3 Å². The molecule has 1 N–H and O–H groups in total. The van der Waals surface area contributed by atoms with Crippen LogP contribution in [0.1, 0.15) is 39.2 Å². The van der Waals surface area contributed by atoms with Crippen LogP contribution in [-0.2, 0) is 12.0 Å². The normalized spacial score (nSPS) is 13.0. The SMILES string of the molecule is CC(C)(C)n1cc(CCCCF)c(=NC(=O)O)s1. The van der Waals surface area contributed by atoms with Crippen LogP contribution in [0.5, 0.6) is 0 Å². The molecule has 1 heterocycles. The van der Waals surface area contributed by atoms with Gasteiger partial charge in [0.25, 0.3) is 0 Å². The van der Waals surface area contributed by atoms with Crippen LogP contribution in [0.3, 0.4) is 0 Å². The third kappa shape index (κ3) is 4.25. The van der Waals surface area contributed by atoms with Crippen molar-refractivity contribution in [2.45, 2.75) is 45.6 Å². The highest BCUT2D eigenvalue weighted by Crippen LogP contribution is 2.17. The van der Waals surface area contributed by atoms with Gasteiger partial charge in [0.1, 0.15) is 4.67 Å². The monoisotopic (exact) mass is 274 g/mol. The van der Waals surface area contributed by atoms with E-state index in [4.69, 9.17) is 5.11 Å². The summed E-state index contributed by atoms with van der Waals surface area (Å²) in [5, 5.41) is 8.75. The average molecular weight is 274 g/mol. The Bertz CT molecular complexity index is 471. The molecule has 0 fully saturated rings. The number of hydrogen-bond donors (Lipinski definition) is 1. The molecule has 1 aromatic rings. The van der Waals surface area contributed by atoms with E-state index >= 15 is 0 Å². The van der Waals surface area contributed by atoms with Gasteiger partial charge < -0.3 is 5.11 Å². The van der Waals surface area contributed by atoms with E-state index in [0.29, 0.717) is 23.9 Å². The first kappa shape index (κ1) is 14.9. The van der Waals surface area contributed by atoms with E-state index in [1.807, 2.05) is 30.9 Å². The Labute approximate surface area is 110 Å². The van der Waals surface area contributed by atoms with Gasteiger partial charge in [-0.1, -0.05) is 0 Å². The molecule has 102 valence electrons. The van der Waals surface area contributed by atoms with Gasteiger partial charge in [0.2, 0.25) is 0 Å². The molecule has 0 aliphatic rings. The molecule has 18 heavy (non-hydrogen) atoms. The minimum Gasteiger partial charge on any atom is -0.463 e. The van der Waals surface area contributed by atoms with Crippen molar-refractivity contribution in [1.29, 1.82) is 0 Å². The highest BCUT2D eigenvalue weighted by molar-refractivity contribution is 7.04. The molecule has 0 spiro atoms. The number of carbonyl (C=O) groups is 1. The van der Waals surface area contributed by atoms with Gasteiger partial charge in [0.05, 0.1) is 6.67 Å². The predicted octanol–water partition coefficient (Wildman–Crippen LogP) is 3.18. The Balaban J connectivity index is 3.06. The highest BCUT2D eigenvalue weighted by Gasteiger charge is 2.15. The van der Waals surface area contributed by atoms with Gasteiger partial charge >= 0.3 is 6.09 Å². The van der Waals surface area contributed by atoms with Gasteiger partial charge in [-0.3, -0.25) is 8.35 Å². The number of alkyl halides is 1. The molecular formula is C12H19FN2O2S. The summed E-state index contributed by atoms with van der Waals surface area (Å²) in [5.74, 6) is 0. The first-order valence-corrected chi connectivity index (χ1v) is 6.68.